The van der Waals surface area contributed by atoms with E-state index in [9.17, 15) is 0 Å². The van der Waals surface area contributed by atoms with Gasteiger partial charge in [-0.05, 0) is 85.3 Å². The van der Waals surface area contributed by atoms with Gasteiger partial charge in [-0.1, -0.05) is 170 Å². The molecular formula is C53H33N3O. The molecule has 0 unspecified atom stereocenters. The Balaban J connectivity index is 1.11. The fourth-order valence-corrected chi connectivity index (χ4v) is 8.12. The zero-order valence-corrected chi connectivity index (χ0v) is 30.8. The molecule has 0 bridgehead atoms. The smallest absolute Gasteiger partial charge is 0.164 e. The summed E-state index contributed by atoms with van der Waals surface area (Å²) in [7, 11) is 0. The Labute approximate surface area is 329 Å². The highest BCUT2D eigenvalue weighted by molar-refractivity contribution is 6.13. The van der Waals surface area contributed by atoms with Gasteiger partial charge in [-0.25, -0.2) is 15.0 Å². The summed E-state index contributed by atoms with van der Waals surface area (Å²) in [5, 5.41) is 6.67. The molecule has 4 nitrogen and oxygen atoms in total. The third-order valence-corrected chi connectivity index (χ3v) is 10.9. The minimum atomic E-state index is 0.584. The molecular weight excluding hydrogens is 695 g/mol. The van der Waals surface area contributed by atoms with Crippen LogP contribution in [-0.2, 0) is 0 Å². The summed E-state index contributed by atoms with van der Waals surface area (Å²) in [4.78, 5) is 15.7. The van der Waals surface area contributed by atoms with Crippen molar-refractivity contribution < 1.29 is 4.42 Å². The lowest BCUT2D eigenvalue weighted by Gasteiger charge is -2.14. The van der Waals surface area contributed by atoms with Crippen LogP contribution < -0.4 is 0 Å². The van der Waals surface area contributed by atoms with Crippen molar-refractivity contribution in [3.05, 3.63) is 200 Å². The molecule has 11 aromatic rings. The molecule has 57 heavy (non-hydrogen) atoms. The average molecular weight is 728 g/mol. The number of fused-ring (bicyclic) bond motifs is 5. The topological polar surface area (TPSA) is 51.8 Å². The third kappa shape index (κ3) is 5.83. The number of benzene rings is 9. The van der Waals surface area contributed by atoms with Crippen LogP contribution in [0.5, 0.6) is 0 Å². The van der Waals surface area contributed by atoms with Crippen LogP contribution in [-0.4, -0.2) is 15.0 Å². The number of nitrogens with zero attached hydrogens (tertiary/aromatic N) is 3. The van der Waals surface area contributed by atoms with Gasteiger partial charge < -0.3 is 4.42 Å². The Morgan fingerprint density at radius 2 is 0.825 bits per heavy atom. The second kappa shape index (κ2) is 13.6. The molecule has 9 aromatic carbocycles. The number of hydrogen-bond acceptors (Lipinski definition) is 4. The summed E-state index contributed by atoms with van der Waals surface area (Å²) < 4.78 is 6.58. The van der Waals surface area contributed by atoms with Crippen molar-refractivity contribution in [2.75, 3.05) is 0 Å². The fourth-order valence-electron chi connectivity index (χ4n) is 8.12. The molecule has 0 aliphatic carbocycles. The van der Waals surface area contributed by atoms with E-state index in [4.69, 9.17) is 19.4 Å². The molecule has 2 heterocycles. The molecule has 0 saturated heterocycles. The van der Waals surface area contributed by atoms with Crippen LogP contribution in [0.3, 0.4) is 0 Å². The zero-order valence-electron chi connectivity index (χ0n) is 30.8. The van der Waals surface area contributed by atoms with Crippen LogP contribution >= 0.6 is 0 Å². The maximum atomic E-state index is 6.58. The zero-order chi connectivity index (χ0) is 37.7. The van der Waals surface area contributed by atoms with E-state index in [0.717, 1.165) is 71.7 Å². The van der Waals surface area contributed by atoms with Crippen molar-refractivity contribution >= 4 is 43.5 Å². The standard InChI is InChI=1S/C53H33N3O/c1-3-14-37(15-4-1)42-29-30-45(44-20-10-9-19-43(42)44)52-54-51(38-16-5-2-6-17-38)55-53(56-52)47-32-41(33-49-50(47)46-21-11-12-22-48(46)57-49)36-25-23-35(24-26-36)40-28-27-34-13-7-8-18-39(34)31-40/h1-33H. The molecule has 2 aromatic heterocycles. The molecule has 0 fully saturated rings. The van der Waals surface area contributed by atoms with Gasteiger partial charge in [0.25, 0.3) is 0 Å². The third-order valence-electron chi connectivity index (χ3n) is 10.9. The number of aromatic nitrogens is 3. The SMILES string of the molecule is c1ccc(-c2nc(-c3ccc(-c4ccccc4)c4ccccc34)nc(-c3cc(-c4ccc(-c5ccc6ccccc6c5)cc4)cc4oc5ccccc5c34)n2)cc1. The first kappa shape index (κ1) is 32.7. The maximum Gasteiger partial charge on any atom is 0.164 e. The van der Waals surface area contributed by atoms with Gasteiger partial charge in [0.15, 0.2) is 17.5 Å². The van der Waals surface area contributed by atoms with Gasteiger partial charge in [0.1, 0.15) is 11.2 Å². The Morgan fingerprint density at radius 3 is 1.58 bits per heavy atom. The van der Waals surface area contributed by atoms with Gasteiger partial charge in [0.2, 0.25) is 0 Å². The number of para-hydroxylation sites is 1. The summed E-state index contributed by atoms with van der Waals surface area (Å²) in [6.07, 6.45) is 0. The second-order valence-electron chi connectivity index (χ2n) is 14.4. The van der Waals surface area contributed by atoms with Crippen LogP contribution in [0.15, 0.2) is 205 Å². The van der Waals surface area contributed by atoms with E-state index in [1.54, 1.807) is 0 Å². The Hall–Kier alpha value is -7.69. The number of hydrogen-bond donors (Lipinski definition) is 0. The highest BCUT2D eigenvalue weighted by atomic mass is 16.3. The normalized spacial score (nSPS) is 11.5. The summed E-state index contributed by atoms with van der Waals surface area (Å²) in [6.45, 7) is 0. The van der Waals surface area contributed by atoms with Crippen LogP contribution in [0.25, 0.3) is 111 Å². The molecule has 0 aliphatic rings. The first-order valence-electron chi connectivity index (χ1n) is 19.2. The van der Waals surface area contributed by atoms with Gasteiger partial charge in [-0.15, -0.1) is 0 Å². The quantitative estimate of drug-likeness (QED) is 0.171. The van der Waals surface area contributed by atoms with E-state index >= 15 is 0 Å². The van der Waals surface area contributed by atoms with E-state index in [0.29, 0.717) is 17.5 Å². The molecule has 266 valence electrons. The summed E-state index contributed by atoms with van der Waals surface area (Å²) in [6, 6.07) is 69.9. The van der Waals surface area contributed by atoms with E-state index in [1.807, 2.05) is 36.4 Å². The Kier molecular flexibility index (Phi) is 7.78. The van der Waals surface area contributed by atoms with Crippen LogP contribution in [0.1, 0.15) is 0 Å². The second-order valence-corrected chi connectivity index (χ2v) is 14.4. The first-order valence-corrected chi connectivity index (χ1v) is 19.2. The van der Waals surface area contributed by atoms with Crippen LogP contribution in [0.2, 0.25) is 0 Å². The molecule has 0 amide bonds. The summed E-state index contributed by atoms with van der Waals surface area (Å²) >= 11 is 0. The predicted molar refractivity (Wildman–Crippen MR) is 235 cm³/mol. The van der Waals surface area contributed by atoms with E-state index in [-0.39, 0.29) is 0 Å². The maximum absolute atomic E-state index is 6.58. The Morgan fingerprint density at radius 1 is 0.281 bits per heavy atom. The minimum Gasteiger partial charge on any atom is -0.456 e. The first-order chi connectivity index (χ1) is 28.2. The van der Waals surface area contributed by atoms with Crippen molar-refractivity contribution in [2.45, 2.75) is 0 Å². The number of furan rings is 1. The Bertz CT molecular complexity index is 3280. The minimum absolute atomic E-state index is 0.584. The van der Waals surface area contributed by atoms with Crippen molar-refractivity contribution in [3.63, 3.8) is 0 Å². The van der Waals surface area contributed by atoms with E-state index < -0.39 is 0 Å². The molecule has 0 N–H and O–H groups in total. The lowest BCUT2D eigenvalue weighted by molar-refractivity contribution is 0.669. The molecule has 11 rings (SSSR count). The average Bonchev–Trinajstić information content (AvgIpc) is 3.67. The lowest BCUT2D eigenvalue weighted by Crippen LogP contribution is -2.01. The summed E-state index contributed by atoms with van der Waals surface area (Å²) in [5.41, 5.74) is 11.1. The fraction of sp³-hybridized carbons (Fsp3) is 0. The van der Waals surface area contributed by atoms with Crippen LogP contribution in [0, 0.1) is 0 Å². The van der Waals surface area contributed by atoms with Gasteiger partial charge >= 0.3 is 0 Å². The van der Waals surface area contributed by atoms with Crippen molar-refractivity contribution in [1.29, 1.82) is 0 Å². The van der Waals surface area contributed by atoms with E-state index in [1.165, 1.54) is 21.9 Å². The van der Waals surface area contributed by atoms with Gasteiger partial charge in [0, 0.05) is 27.5 Å². The van der Waals surface area contributed by atoms with E-state index in [2.05, 4.69) is 164 Å². The molecule has 0 aliphatic heterocycles. The van der Waals surface area contributed by atoms with Crippen molar-refractivity contribution in [1.82, 2.24) is 15.0 Å². The summed E-state index contributed by atoms with van der Waals surface area (Å²) in [5.74, 6) is 1.81. The highest BCUT2D eigenvalue weighted by Gasteiger charge is 2.21. The van der Waals surface area contributed by atoms with Crippen molar-refractivity contribution in [2.24, 2.45) is 0 Å². The highest BCUT2D eigenvalue weighted by Crippen LogP contribution is 2.41. The monoisotopic (exact) mass is 727 g/mol. The molecule has 0 radical (unpaired) electrons. The van der Waals surface area contributed by atoms with Crippen LogP contribution in [0.4, 0.5) is 0 Å². The number of rotatable bonds is 6. The van der Waals surface area contributed by atoms with Gasteiger partial charge in [-0.3, -0.25) is 0 Å². The molecule has 0 atom stereocenters. The van der Waals surface area contributed by atoms with Crippen molar-refractivity contribution in [3.8, 4) is 67.5 Å². The molecule has 0 spiro atoms. The molecule has 4 heteroatoms. The lowest BCUT2D eigenvalue weighted by atomic mass is 9.94. The largest absolute Gasteiger partial charge is 0.456 e. The molecule has 0 saturated carbocycles. The van der Waals surface area contributed by atoms with Gasteiger partial charge in [-0.2, -0.15) is 0 Å². The predicted octanol–water partition coefficient (Wildman–Crippen LogP) is 14.1. The van der Waals surface area contributed by atoms with Gasteiger partial charge in [0.05, 0.1) is 0 Å².